The van der Waals surface area contributed by atoms with Crippen molar-refractivity contribution in [3.63, 3.8) is 0 Å². The van der Waals surface area contributed by atoms with Crippen LogP contribution in [0.3, 0.4) is 0 Å². The average molecular weight is 278 g/mol. The van der Waals surface area contributed by atoms with Crippen LogP contribution in [0.25, 0.3) is 0 Å². The van der Waals surface area contributed by atoms with Gasteiger partial charge in [-0.05, 0) is 54.0 Å². The molecule has 1 unspecified atom stereocenters. The van der Waals surface area contributed by atoms with Gasteiger partial charge in [0, 0.05) is 0 Å². The van der Waals surface area contributed by atoms with Crippen LogP contribution < -0.4 is 16.2 Å². The first-order valence-electron chi connectivity index (χ1n) is 7.41. The van der Waals surface area contributed by atoms with Gasteiger partial charge in [-0.1, -0.05) is 39.8 Å². The molecule has 0 aromatic heterocycles. The Morgan fingerprint density at radius 1 is 1.15 bits per heavy atom. The second-order valence-corrected chi connectivity index (χ2v) is 6.70. The van der Waals surface area contributed by atoms with Crippen molar-refractivity contribution >= 4 is 0 Å². The normalized spacial score (nSPS) is 13.6. The Labute approximate surface area is 123 Å². The highest BCUT2D eigenvalue weighted by Crippen LogP contribution is 2.32. The summed E-state index contributed by atoms with van der Waals surface area (Å²) < 4.78 is 5.48. The highest BCUT2D eigenvalue weighted by molar-refractivity contribution is 5.41. The number of nitrogens with two attached hydrogens (primary N) is 2. The molecule has 0 bridgehead atoms. The summed E-state index contributed by atoms with van der Waals surface area (Å²) in [7, 11) is 1.73. The zero-order valence-corrected chi connectivity index (χ0v) is 13.6. The molecule has 1 aromatic carbocycles. The molecule has 0 amide bonds. The van der Waals surface area contributed by atoms with Crippen LogP contribution in [0, 0.1) is 11.8 Å². The summed E-state index contributed by atoms with van der Waals surface area (Å²) >= 11 is 0. The van der Waals surface area contributed by atoms with Crippen LogP contribution in [0.15, 0.2) is 18.2 Å². The molecule has 20 heavy (non-hydrogen) atoms. The van der Waals surface area contributed by atoms with Gasteiger partial charge < -0.3 is 16.2 Å². The fraction of sp³-hybridized carbons (Fsp3) is 0.647. The summed E-state index contributed by atoms with van der Waals surface area (Å²) in [6, 6.07) is 6.48. The lowest BCUT2D eigenvalue weighted by Gasteiger charge is -2.25. The molecule has 0 aliphatic heterocycles. The number of hydrogen-bond acceptors (Lipinski definition) is 3. The number of benzene rings is 1. The molecule has 3 heteroatoms. The molecule has 3 nitrogen and oxygen atoms in total. The third-order valence-corrected chi connectivity index (χ3v) is 4.04. The van der Waals surface area contributed by atoms with E-state index in [2.05, 4.69) is 45.9 Å². The van der Waals surface area contributed by atoms with Gasteiger partial charge in [0.2, 0.25) is 0 Å². The summed E-state index contributed by atoms with van der Waals surface area (Å²) in [5, 5.41) is 0. The van der Waals surface area contributed by atoms with Crippen LogP contribution >= 0.6 is 0 Å². The van der Waals surface area contributed by atoms with Crippen molar-refractivity contribution in [2.75, 3.05) is 20.2 Å². The van der Waals surface area contributed by atoms with Crippen LogP contribution in [0.4, 0.5) is 0 Å². The van der Waals surface area contributed by atoms with Gasteiger partial charge in [-0.3, -0.25) is 0 Å². The van der Waals surface area contributed by atoms with E-state index in [1.807, 2.05) is 0 Å². The molecule has 1 rings (SSSR count). The summed E-state index contributed by atoms with van der Waals surface area (Å²) in [5.41, 5.74) is 14.2. The Morgan fingerprint density at radius 2 is 1.75 bits per heavy atom. The van der Waals surface area contributed by atoms with Crippen molar-refractivity contribution in [2.45, 2.75) is 39.5 Å². The summed E-state index contributed by atoms with van der Waals surface area (Å²) in [5.74, 6) is 1.84. The van der Waals surface area contributed by atoms with Crippen molar-refractivity contribution in [1.82, 2.24) is 0 Å². The molecule has 0 aliphatic carbocycles. The molecular formula is C17H30N2O. The van der Waals surface area contributed by atoms with Gasteiger partial charge in [0.1, 0.15) is 5.75 Å². The Morgan fingerprint density at radius 3 is 2.20 bits per heavy atom. The van der Waals surface area contributed by atoms with Crippen molar-refractivity contribution in [1.29, 1.82) is 0 Å². The third-order valence-electron chi connectivity index (χ3n) is 4.04. The molecule has 0 saturated heterocycles. The molecule has 0 fully saturated rings. The fourth-order valence-electron chi connectivity index (χ4n) is 2.57. The molecule has 1 atom stereocenters. The van der Waals surface area contributed by atoms with Gasteiger partial charge in [-0.2, -0.15) is 0 Å². The zero-order chi connectivity index (χ0) is 15.3. The summed E-state index contributed by atoms with van der Waals surface area (Å²) in [4.78, 5) is 0. The van der Waals surface area contributed by atoms with Gasteiger partial charge in [0.05, 0.1) is 7.11 Å². The van der Waals surface area contributed by atoms with Crippen molar-refractivity contribution < 1.29 is 4.74 Å². The first kappa shape index (κ1) is 17.0. The molecule has 4 N–H and O–H groups in total. The molecule has 1 aromatic rings. The quantitative estimate of drug-likeness (QED) is 0.841. The topological polar surface area (TPSA) is 61.3 Å². The standard InChI is InChI=1S/C17H30N2O/c1-12(14(10-18)11-19)8-13-6-7-16(20-5)15(9-13)17(2,3)4/h6-7,9,12,14H,8,10-11,18-19H2,1-5H3. The van der Waals surface area contributed by atoms with E-state index >= 15 is 0 Å². The SMILES string of the molecule is COc1ccc(CC(C)C(CN)CN)cc1C(C)(C)C. The zero-order valence-electron chi connectivity index (χ0n) is 13.6. The number of ether oxygens (including phenoxy) is 1. The van der Waals surface area contributed by atoms with E-state index < -0.39 is 0 Å². The first-order chi connectivity index (χ1) is 9.33. The minimum absolute atomic E-state index is 0.0751. The number of hydrogen-bond donors (Lipinski definition) is 2. The van der Waals surface area contributed by atoms with Crippen LogP contribution in [-0.2, 0) is 11.8 Å². The van der Waals surface area contributed by atoms with E-state index in [0.717, 1.165) is 12.2 Å². The largest absolute Gasteiger partial charge is 0.496 e. The fourth-order valence-corrected chi connectivity index (χ4v) is 2.57. The molecule has 0 heterocycles. The predicted molar refractivity (Wildman–Crippen MR) is 86.2 cm³/mol. The lowest BCUT2D eigenvalue weighted by molar-refractivity contribution is 0.371. The molecular weight excluding hydrogens is 248 g/mol. The van der Waals surface area contributed by atoms with Gasteiger partial charge in [-0.15, -0.1) is 0 Å². The van der Waals surface area contributed by atoms with E-state index in [0.29, 0.717) is 24.9 Å². The molecule has 0 radical (unpaired) electrons. The van der Waals surface area contributed by atoms with Crippen LogP contribution in [0.5, 0.6) is 5.75 Å². The van der Waals surface area contributed by atoms with Crippen molar-refractivity contribution in [2.24, 2.45) is 23.3 Å². The lowest BCUT2D eigenvalue weighted by atomic mass is 9.83. The van der Waals surface area contributed by atoms with Gasteiger partial charge in [-0.25, -0.2) is 0 Å². The van der Waals surface area contributed by atoms with Crippen molar-refractivity contribution in [3.05, 3.63) is 29.3 Å². The smallest absolute Gasteiger partial charge is 0.122 e. The molecule has 0 saturated carbocycles. The highest BCUT2D eigenvalue weighted by atomic mass is 16.5. The Kier molecular flexibility index (Phi) is 6.03. The van der Waals surface area contributed by atoms with E-state index in [1.54, 1.807) is 7.11 Å². The first-order valence-corrected chi connectivity index (χ1v) is 7.41. The van der Waals surface area contributed by atoms with Gasteiger partial charge in [0.25, 0.3) is 0 Å². The maximum Gasteiger partial charge on any atom is 0.122 e. The Bertz CT molecular complexity index is 419. The van der Waals surface area contributed by atoms with Gasteiger partial charge in [0.15, 0.2) is 0 Å². The van der Waals surface area contributed by atoms with Crippen LogP contribution in [0.2, 0.25) is 0 Å². The van der Waals surface area contributed by atoms with E-state index in [9.17, 15) is 0 Å². The van der Waals surface area contributed by atoms with Crippen LogP contribution in [0.1, 0.15) is 38.8 Å². The summed E-state index contributed by atoms with van der Waals surface area (Å²) in [6.45, 7) is 10.2. The van der Waals surface area contributed by atoms with E-state index in [-0.39, 0.29) is 5.41 Å². The third kappa shape index (κ3) is 4.22. The minimum atomic E-state index is 0.0751. The van der Waals surface area contributed by atoms with E-state index in [1.165, 1.54) is 11.1 Å². The maximum absolute atomic E-state index is 5.78. The molecule has 0 aliphatic rings. The number of rotatable bonds is 6. The highest BCUT2D eigenvalue weighted by Gasteiger charge is 2.20. The van der Waals surface area contributed by atoms with Crippen molar-refractivity contribution in [3.8, 4) is 5.75 Å². The maximum atomic E-state index is 5.78. The monoisotopic (exact) mass is 278 g/mol. The Balaban J connectivity index is 2.98. The predicted octanol–water partition coefficient (Wildman–Crippen LogP) is 2.70. The minimum Gasteiger partial charge on any atom is -0.496 e. The molecule has 114 valence electrons. The number of methoxy groups -OCH3 is 1. The second-order valence-electron chi connectivity index (χ2n) is 6.70. The Hall–Kier alpha value is -1.06. The summed E-state index contributed by atoms with van der Waals surface area (Å²) in [6.07, 6.45) is 1.01. The van der Waals surface area contributed by atoms with Gasteiger partial charge >= 0.3 is 0 Å². The second kappa shape index (κ2) is 7.09. The van der Waals surface area contributed by atoms with Crippen LogP contribution in [-0.4, -0.2) is 20.2 Å². The van der Waals surface area contributed by atoms with E-state index in [4.69, 9.17) is 16.2 Å². The molecule has 0 spiro atoms. The average Bonchev–Trinajstić information content (AvgIpc) is 2.39. The lowest BCUT2D eigenvalue weighted by Crippen LogP contribution is -2.30.